The number of hydrogen-bond acceptors (Lipinski definition) is 5. The lowest BCUT2D eigenvalue weighted by Crippen LogP contribution is -2.68. The molecule has 2 aliphatic rings. The Morgan fingerprint density at radius 3 is 1.82 bits per heavy atom. The maximum absolute atomic E-state index is 14.4. The normalized spacial score (nSPS) is 17.9. The highest BCUT2D eigenvalue weighted by molar-refractivity contribution is 7.92. The summed E-state index contributed by atoms with van der Waals surface area (Å²) in [5.41, 5.74) is 6.25. The van der Waals surface area contributed by atoms with Crippen molar-refractivity contribution in [3.63, 3.8) is 0 Å². The highest BCUT2D eigenvalue weighted by Gasteiger charge is 2.55. The Balaban J connectivity index is 2.05. The third-order valence-electron chi connectivity index (χ3n) is 8.73. The number of amides is 2. The van der Waals surface area contributed by atoms with Crippen LogP contribution in [0.2, 0.25) is 0 Å². The van der Waals surface area contributed by atoms with Gasteiger partial charge in [-0.25, -0.2) is 8.42 Å². The first-order chi connectivity index (χ1) is 18.1. The minimum atomic E-state index is -3.43. The SMILES string of the molecule is CCN(CC)CCCN(C(=O)c1ccc(NS(C)(=O)=O)cc1)C(C(N)=O)(C1CCCCC1)C1CCCCC1. The highest BCUT2D eigenvalue weighted by atomic mass is 32.2. The zero-order chi connectivity index (χ0) is 27.8. The van der Waals surface area contributed by atoms with E-state index in [2.05, 4.69) is 23.5 Å². The van der Waals surface area contributed by atoms with E-state index in [0.717, 1.165) is 96.5 Å². The first-order valence-electron chi connectivity index (χ1n) is 14.6. The molecule has 1 aromatic rings. The second-order valence-electron chi connectivity index (χ2n) is 11.1. The summed E-state index contributed by atoms with van der Waals surface area (Å²) in [6, 6.07) is 6.52. The van der Waals surface area contributed by atoms with Crippen LogP contribution >= 0.6 is 0 Å². The Morgan fingerprint density at radius 1 is 0.895 bits per heavy atom. The van der Waals surface area contributed by atoms with Crippen LogP contribution in [0.4, 0.5) is 5.69 Å². The van der Waals surface area contributed by atoms with Gasteiger partial charge in [-0.1, -0.05) is 52.4 Å². The Kier molecular flexibility index (Phi) is 11.0. The number of nitrogens with two attached hydrogens (primary N) is 1. The molecule has 0 aliphatic heterocycles. The maximum Gasteiger partial charge on any atom is 0.254 e. The average Bonchev–Trinajstić information content (AvgIpc) is 2.90. The van der Waals surface area contributed by atoms with E-state index in [1.807, 2.05) is 4.90 Å². The molecule has 0 heterocycles. The van der Waals surface area contributed by atoms with Crippen LogP contribution in [0.15, 0.2) is 24.3 Å². The van der Waals surface area contributed by atoms with E-state index in [9.17, 15) is 18.0 Å². The smallest absolute Gasteiger partial charge is 0.254 e. The van der Waals surface area contributed by atoms with Crippen molar-refractivity contribution < 1.29 is 18.0 Å². The number of anilines is 1. The van der Waals surface area contributed by atoms with Gasteiger partial charge in [0.15, 0.2) is 0 Å². The molecule has 214 valence electrons. The lowest BCUT2D eigenvalue weighted by Gasteiger charge is -2.53. The quantitative estimate of drug-likeness (QED) is 0.374. The van der Waals surface area contributed by atoms with Crippen molar-refractivity contribution in [2.75, 3.05) is 37.2 Å². The second kappa shape index (κ2) is 13.8. The predicted molar refractivity (Wildman–Crippen MR) is 153 cm³/mol. The van der Waals surface area contributed by atoms with E-state index in [1.165, 1.54) is 0 Å². The van der Waals surface area contributed by atoms with Crippen molar-refractivity contribution in [3.8, 4) is 0 Å². The molecule has 0 radical (unpaired) electrons. The Hall–Kier alpha value is -2.13. The number of primary amides is 1. The molecule has 0 spiro atoms. The van der Waals surface area contributed by atoms with Crippen LogP contribution < -0.4 is 10.5 Å². The van der Waals surface area contributed by atoms with E-state index >= 15 is 0 Å². The van der Waals surface area contributed by atoms with E-state index in [-0.39, 0.29) is 23.7 Å². The number of nitrogens with zero attached hydrogens (tertiary/aromatic N) is 2. The van der Waals surface area contributed by atoms with Crippen LogP contribution in [0.3, 0.4) is 0 Å². The number of rotatable bonds is 13. The predicted octanol–water partition coefficient (Wildman–Crippen LogP) is 4.62. The number of nitrogens with one attached hydrogen (secondary N) is 1. The molecule has 0 saturated heterocycles. The van der Waals surface area contributed by atoms with Crippen molar-refractivity contribution in [1.82, 2.24) is 9.80 Å². The van der Waals surface area contributed by atoms with E-state index < -0.39 is 15.6 Å². The van der Waals surface area contributed by atoms with Crippen LogP contribution in [0, 0.1) is 11.8 Å². The Bertz CT molecular complexity index is 994. The number of hydrogen-bond donors (Lipinski definition) is 2. The monoisotopic (exact) mass is 548 g/mol. The summed E-state index contributed by atoms with van der Waals surface area (Å²) in [7, 11) is -3.43. The van der Waals surface area contributed by atoms with Crippen LogP contribution in [0.5, 0.6) is 0 Å². The molecule has 2 amide bonds. The summed E-state index contributed by atoms with van der Waals surface area (Å²) < 4.78 is 25.8. The van der Waals surface area contributed by atoms with Crippen LogP contribution in [-0.2, 0) is 14.8 Å². The summed E-state index contributed by atoms with van der Waals surface area (Å²) in [6.07, 6.45) is 12.0. The van der Waals surface area contributed by atoms with Crippen molar-refractivity contribution in [2.24, 2.45) is 17.6 Å². The fourth-order valence-corrected chi connectivity index (χ4v) is 7.46. The molecule has 0 bridgehead atoms. The van der Waals surface area contributed by atoms with Crippen LogP contribution in [0.1, 0.15) is 94.8 Å². The van der Waals surface area contributed by atoms with Crippen molar-refractivity contribution in [3.05, 3.63) is 29.8 Å². The maximum atomic E-state index is 14.4. The molecule has 2 saturated carbocycles. The average molecular weight is 549 g/mol. The lowest BCUT2D eigenvalue weighted by atomic mass is 9.62. The molecule has 1 aromatic carbocycles. The molecule has 9 heteroatoms. The zero-order valence-corrected chi connectivity index (χ0v) is 24.4. The first kappa shape index (κ1) is 30.4. The van der Waals surface area contributed by atoms with Crippen molar-refractivity contribution >= 4 is 27.5 Å². The first-order valence-corrected chi connectivity index (χ1v) is 16.4. The molecule has 2 fully saturated rings. The molecule has 2 aliphatic carbocycles. The summed E-state index contributed by atoms with van der Waals surface area (Å²) in [5, 5.41) is 0. The Labute approximate surface area is 229 Å². The molecule has 0 unspecified atom stereocenters. The van der Waals surface area contributed by atoms with Gasteiger partial charge in [-0.15, -0.1) is 0 Å². The minimum Gasteiger partial charge on any atom is -0.368 e. The van der Waals surface area contributed by atoms with Gasteiger partial charge in [0.2, 0.25) is 15.9 Å². The number of carbonyl (C=O) groups excluding carboxylic acids is 2. The third kappa shape index (κ3) is 7.29. The highest BCUT2D eigenvalue weighted by Crippen LogP contribution is 2.47. The van der Waals surface area contributed by atoms with Gasteiger partial charge in [0, 0.05) is 17.8 Å². The standard InChI is InChI=1S/C29H48N4O4S/c1-4-32(5-2)21-12-22-33(27(34)23-17-19-26(20-18-23)31-38(3,36)37)29(28(30)35,24-13-8-6-9-14-24)25-15-10-7-11-16-25/h17-20,24-25,31H,4-16,21-22H2,1-3H3,(H2,30,35). The summed E-state index contributed by atoms with van der Waals surface area (Å²) in [4.78, 5) is 32.3. The summed E-state index contributed by atoms with van der Waals surface area (Å²) in [5.74, 6) is -0.436. The number of sulfonamides is 1. The van der Waals surface area contributed by atoms with Gasteiger partial charge in [0.25, 0.3) is 5.91 Å². The van der Waals surface area contributed by atoms with Crippen molar-refractivity contribution in [2.45, 2.75) is 90.0 Å². The topological polar surface area (TPSA) is 113 Å². The minimum absolute atomic E-state index is 0.0560. The molecular weight excluding hydrogens is 500 g/mol. The van der Waals surface area contributed by atoms with Gasteiger partial charge in [0.05, 0.1) is 6.26 Å². The summed E-state index contributed by atoms with van der Waals surface area (Å²) in [6.45, 7) is 7.45. The number of carbonyl (C=O) groups is 2. The zero-order valence-electron chi connectivity index (χ0n) is 23.6. The van der Waals surface area contributed by atoms with Crippen LogP contribution in [-0.4, -0.2) is 68.0 Å². The van der Waals surface area contributed by atoms with Gasteiger partial charge in [-0.05, 0) is 87.8 Å². The van der Waals surface area contributed by atoms with Crippen molar-refractivity contribution in [1.29, 1.82) is 0 Å². The lowest BCUT2D eigenvalue weighted by molar-refractivity contribution is -0.140. The largest absolute Gasteiger partial charge is 0.368 e. The van der Waals surface area contributed by atoms with Gasteiger partial charge in [-0.3, -0.25) is 14.3 Å². The molecule has 38 heavy (non-hydrogen) atoms. The fraction of sp³-hybridized carbons (Fsp3) is 0.724. The third-order valence-corrected chi connectivity index (χ3v) is 9.33. The Morgan fingerprint density at radius 2 is 1.39 bits per heavy atom. The fourth-order valence-electron chi connectivity index (χ4n) is 6.89. The molecule has 3 N–H and O–H groups in total. The van der Waals surface area contributed by atoms with E-state index in [0.29, 0.717) is 17.8 Å². The molecule has 0 aromatic heterocycles. The van der Waals surface area contributed by atoms with Gasteiger partial charge in [0.1, 0.15) is 5.54 Å². The second-order valence-corrected chi connectivity index (χ2v) is 12.9. The van der Waals surface area contributed by atoms with Crippen LogP contribution in [0.25, 0.3) is 0 Å². The molecule has 8 nitrogen and oxygen atoms in total. The van der Waals surface area contributed by atoms with Gasteiger partial charge >= 0.3 is 0 Å². The summed E-state index contributed by atoms with van der Waals surface area (Å²) >= 11 is 0. The van der Waals surface area contributed by atoms with Gasteiger partial charge < -0.3 is 15.5 Å². The van der Waals surface area contributed by atoms with E-state index in [4.69, 9.17) is 5.73 Å². The molecule has 0 atom stereocenters. The number of benzene rings is 1. The molecular formula is C29H48N4O4S. The van der Waals surface area contributed by atoms with E-state index in [1.54, 1.807) is 24.3 Å². The van der Waals surface area contributed by atoms with Gasteiger partial charge in [-0.2, -0.15) is 0 Å². The molecule has 3 rings (SSSR count).